The number of halogens is 12. The molecule has 0 atom stereocenters. The second kappa shape index (κ2) is 12.7. The Morgan fingerprint density at radius 1 is 0.500 bits per heavy atom. The number of hydrogen-bond acceptors (Lipinski definition) is 4. The number of methoxy groups -OCH3 is 1. The van der Waals surface area contributed by atoms with E-state index in [1.54, 1.807) is 10.6 Å². The highest BCUT2D eigenvalue weighted by Crippen LogP contribution is 2.39. The van der Waals surface area contributed by atoms with Crippen molar-refractivity contribution in [1.82, 2.24) is 0 Å². The number of amides is 4. The van der Waals surface area contributed by atoms with Crippen molar-refractivity contribution in [3.05, 3.63) is 82.4 Å². The van der Waals surface area contributed by atoms with Gasteiger partial charge in [0.1, 0.15) is 0 Å². The second-order valence-corrected chi connectivity index (χ2v) is 9.00. The van der Waals surface area contributed by atoms with Crippen LogP contribution >= 0.6 is 0 Å². The fraction of sp³-hybridized carbons (Fsp3) is 0.192. The molecule has 0 aromatic heterocycles. The van der Waals surface area contributed by atoms with Gasteiger partial charge >= 0.3 is 42.7 Å². The van der Waals surface area contributed by atoms with Gasteiger partial charge in [-0.1, -0.05) is 0 Å². The summed E-state index contributed by atoms with van der Waals surface area (Å²) < 4.78 is 162. The normalized spacial score (nSPS) is 12.3. The highest BCUT2D eigenvalue weighted by atomic mass is 19.4. The first kappa shape index (κ1) is 35.3. The minimum Gasteiger partial charge on any atom is -0.465 e. The number of hydrogen-bond donors (Lipinski definition) is 4. The van der Waals surface area contributed by atoms with Gasteiger partial charge in [-0.15, -0.1) is 0 Å². The lowest BCUT2D eigenvalue weighted by Crippen LogP contribution is -2.24. The molecule has 0 aliphatic rings. The lowest BCUT2D eigenvalue weighted by atomic mass is 10.1. The predicted octanol–water partition coefficient (Wildman–Crippen LogP) is 8.84. The van der Waals surface area contributed by atoms with Gasteiger partial charge in [0, 0.05) is 11.4 Å². The quantitative estimate of drug-likeness (QED) is 0.160. The van der Waals surface area contributed by atoms with Gasteiger partial charge in [0.25, 0.3) is 0 Å². The third-order valence-corrected chi connectivity index (χ3v) is 5.63. The summed E-state index contributed by atoms with van der Waals surface area (Å²) in [6.07, 6.45) is -21.0. The average molecular weight is 676 g/mol. The Kier molecular flexibility index (Phi) is 9.73. The number of ether oxygens (including phenoxy) is 1. The van der Waals surface area contributed by atoms with Crippen molar-refractivity contribution in [1.29, 1.82) is 0 Å². The lowest BCUT2D eigenvalue weighted by molar-refractivity contribution is -0.144. The Bertz CT molecular complexity index is 1580. The molecule has 46 heavy (non-hydrogen) atoms. The van der Waals surface area contributed by atoms with Crippen LogP contribution in [0.4, 0.5) is 85.0 Å². The van der Waals surface area contributed by atoms with Crippen molar-refractivity contribution in [3.63, 3.8) is 0 Å². The minimum absolute atomic E-state index is 0.177. The van der Waals surface area contributed by atoms with E-state index >= 15 is 0 Å². The number of carbonyl (C=O) groups excluding carboxylic acids is 3. The van der Waals surface area contributed by atoms with Gasteiger partial charge < -0.3 is 26.0 Å². The van der Waals surface area contributed by atoms with Crippen LogP contribution < -0.4 is 21.3 Å². The summed E-state index contributed by atoms with van der Waals surface area (Å²) in [6, 6.07) is 0.0499. The molecule has 0 aliphatic heterocycles. The van der Waals surface area contributed by atoms with Crippen molar-refractivity contribution >= 4 is 40.8 Å². The number of benzene rings is 3. The summed E-state index contributed by atoms with van der Waals surface area (Å²) >= 11 is 0. The first-order valence-electron chi connectivity index (χ1n) is 11.9. The second-order valence-electron chi connectivity index (χ2n) is 9.00. The number of urea groups is 2. The summed E-state index contributed by atoms with van der Waals surface area (Å²) in [6.45, 7) is 0. The van der Waals surface area contributed by atoms with Gasteiger partial charge in [0.05, 0.1) is 46.3 Å². The average Bonchev–Trinajstić information content (AvgIpc) is 2.91. The Morgan fingerprint density at radius 3 is 1.17 bits per heavy atom. The van der Waals surface area contributed by atoms with Crippen LogP contribution in [0.1, 0.15) is 32.6 Å². The van der Waals surface area contributed by atoms with E-state index in [2.05, 4.69) is 4.74 Å². The Balaban J connectivity index is 1.93. The van der Waals surface area contributed by atoms with Crippen molar-refractivity contribution in [3.8, 4) is 0 Å². The molecular weight excluding hydrogens is 660 g/mol. The highest BCUT2D eigenvalue weighted by molar-refractivity contribution is 6.07. The Labute approximate surface area is 248 Å². The first-order valence-corrected chi connectivity index (χ1v) is 11.9. The van der Waals surface area contributed by atoms with E-state index in [0.717, 1.165) is 25.3 Å². The van der Waals surface area contributed by atoms with E-state index in [1.807, 2.05) is 10.6 Å². The van der Waals surface area contributed by atoms with E-state index in [-0.39, 0.29) is 42.0 Å². The number of alkyl halides is 12. The zero-order valence-electron chi connectivity index (χ0n) is 22.4. The summed E-state index contributed by atoms with van der Waals surface area (Å²) in [5, 5.41) is 7.42. The topological polar surface area (TPSA) is 109 Å². The molecule has 3 rings (SSSR count). The van der Waals surface area contributed by atoms with Gasteiger partial charge in [0.15, 0.2) is 0 Å². The number of nitrogens with one attached hydrogen (secondary N) is 4. The molecule has 0 radical (unpaired) electrons. The number of carbonyl (C=O) groups is 3. The van der Waals surface area contributed by atoms with E-state index in [9.17, 15) is 67.1 Å². The fourth-order valence-corrected chi connectivity index (χ4v) is 3.62. The molecule has 4 amide bonds. The van der Waals surface area contributed by atoms with Crippen molar-refractivity contribution in [2.75, 3.05) is 28.4 Å². The molecule has 20 heteroatoms. The summed E-state index contributed by atoms with van der Waals surface area (Å²) in [4.78, 5) is 37.1. The molecule has 0 fully saturated rings. The van der Waals surface area contributed by atoms with Crippen LogP contribution in [0.5, 0.6) is 0 Å². The van der Waals surface area contributed by atoms with Crippen LogP contribution in [0.3, 0.4) is 0 Å². The summed E-state index contributed by atoms with van der Waals surface area (Å²) in [7, 11) is 0.942. The first-order chi connectivity index (χ1) is 21.0. The largest absolute Gasteiger partial charge is 0.465 e. The standard InChI is InChI=1S/C26H16F12N4O4/c1-46-20(43)11-2-3-18(41-21(44)39-16-7-12(23(27,28)29)5-13(8-16)24(30,31)32)19(4-11)42-22(45)40-17-9-14(25(33,34)35)6-15(10-17)26(36,37)38/h2-10H,1H3,(H2,39,41,44)(H2,40,42,45). The molecule has 248 valence electrons. The molecule has 3 aromatic rings. The van der Waals surface area contributed by atoms with Crippen LogP contribution in [-0.2, 0) is 29.4 Å². The van der Waals surface area contributed by atoms with Gasteiger partial charge in [-0.3, -0.25) is 0 Å². The van der Waals surface area contributed by atoms with Gasteiger partial charge in [-0.05, 0) is 54.6 Å². The molecule has 0 aliphatic carbocycles. The van der Waals surface area contributed by atoms with Crippen LogP contribution in [0, 0.1) is 0 Å². The molecule has 8 nitrogen and oxygen atoms in total. The Hall–Kier alpha value is -5.17. The zero-order chi connectivity index (χ0) is 34.8. The van der Waals surface area contributed by atoms with E-state index in [0.29, 0.717) is 0 Å². The maximum Gasteiger partial charge on any atom is 0.416 e. The van der Waals surface area contributed by atoms with Crippen LogP contribution in [0.15, 0.2) is 54.6 Å². The fourth-order valence-electron chi connectivity index (χ4n) is 3.62. The molecular formula is C26H16F12N4O4. The molecule has 0 heterocycles. The monoisotopic (exact) mass is 676 g/mol. The van der Waals surface area contributed by atoms with E-state index in [4.69, 9.17) is 0 Å². The maximum atomic E-state index is 13.2. The van der Waals surface area contributed by atoms with Crippen LogP contribution in [-0.4, -0.2) is 25.1 Å². The SMILES string of the molecule is COC(=O)c1ccc(NC(=O)Nc2cc(C(F)(F)F)cc(C(F)(F)F)c2)c(NC(=O)Nc2cc(C(F)(F)F)cc(C(F)(F)F)c2)c1. The van der Waals surface area contributed by atoms with Gasteiger partial charge in [-0.25, -0.2) is 14.4 Å². The molecule has 0 saturated heterocycles. The van der Waals surface area contributed by atoms with Gasteiger partial charge in [-0.2, -0.15) is 52.7 Å². The molecule has 0 bridgehead atoms. The molecule has 0 unspecified atom stereocenters. The number of anilines is 4. The van der Waals surface area contributed by atoms with Crippen LogP contribution in [0.25, 0.3) is 0 Å². The number of esters is 1. The van der Waals surface area contributed by atoms with E-state index in [1.165, 1.54) is 0 Å². The van der Waals surface area contributed by atoms with Crippen molar-refractivity contribution in [2.24, 2.45) is 0 Å². The predicted molar refractivity (Wildman–Crippen MR) is 136 cm³/mol. The van der Waals surface area contributed by atoms with Crippen molar-refractivity contribution < 1.29 is 71.8 Å². The molecule has 4 N–H and O–H groups in total. The Morgan fingerprint density at radius 2 is 0.848 bits per heavy atom. The minimum atomic E-state index is -5.26. The third-order valence-electron chi connectivity index (χ3n) is 5.63. The van der Waals surface area contributed by atoms with Crippen molar-refractivity contribution in [2.45, 2.75) is 24.7 Å². The van der Waals surface area contributed by atoms with E-state index < -0.39 is 87.7 Å². The molecule has 0 saturated carbocycles. The van der Waals surface area contributed by atoms with Gasteiger partial charge in [0.2, 0.25) is 0 Å². The summed E-state index contributed by atoms with van der Waals surface area (Å²) in [5.74, 6) is -1.03. The molecule has 0 spiro atoms. The van der Waals surface area contributed by atoms with Crippen LogP contribution in [0.2, 0.25) is 0 Å². The zero-order valence-corrected chi connectivity index (χ0v) is 22.4. The third kappa shape index (κ3) is 9.17. The lowest BCUT2D eigenvalue weighted by Gasteiger charge is -2.17. The summed E-state index contributed by atoms with van der Waals surface area (Å²) in [5.41, 5.74) is -10.4. The smallest absolute Gasteiger partial charge is 0.416 e. The molecule has 3 aromatic carbocycles. The number of rotatable bonds is 5. The highest BCUT2D eigenvalue weighted by Gasteiger charge is 2.38. The maximum absolute atomic E-state index is 13.2.